The van der Waals surface area contributed by atoms with Crippen LogP contribution in [0.15, 0.2) is 26.0 Å². The molecule has 2 heterocycles. The summed E-state index contributed by atoms with van der Waals surface area (Å²) >= 11 is 0. The van der Waals surface area contributed by atoms with Crippen LogP contribution < -0.4 is 22.0 Å². The van der Waals surface area contributed by atoms with Gasteiger partial charge < -0.3 is 30.3 Å². The molecule has 33 heavy (non-hydrogen) atoms. The number of fused-ring (bicyclic) bond motifs is 2. The molecule has 0 saturated carbocycles. The van der Waals surface area contributed by atoms with E-state index in [2.05, 4.69) is 10.6 Å². The van der Waals surface area contributed by atoms with Gasteiger partial charge in [-0.15, -0.1) is 0 Å². The largest absolute Gasteiger partial charge is 0.480 e. The lowest BCUT2D eigenvalue weighted by atomic mass is 9.98. The van der Waals surface area contributed by atoms with E-state index in [1.807, 2.05) is 19.9 Å². The number of nitrogens with two attached hydrogens (primary N) is 1. The highest BCUT2D eigenvalue weighted by atomic mass is 16.4. The molecule has 0 aliphatic carbocycles. The summed E-state index contributed by atoms with van der Waals surface area (Å²) in [5, 5.41) is 15.9. The number of benzene rings is 1. The van der Waals surface area contributed by atoms with Crippen LogP contribution in [0, 0.1) is 20.8 Å². The Morgan fingerprint density at radius 3 is 2.52 bits per heavy atom. The van der Waals surface area contributed by atoms with Gasteiger partial charge in [-0.1, -0.05) is 0 Å². The number of hydrogen-bond donors (Lipinski definition) is 4. The van der Waals surface area contributed by atoms with E-state index in [1.54, 1.807) is 13.2 Å². The standard InChI is InChI=1S/C23H27N3O7/c1-11-10-32-19-13(3)20-16(9-15(11)19)12(2)14(22(30)33-20)6-7-18(27)26-17(21(28)29)5-4-8-25-23(24)31/h9-10,17H,4-8H2,1-3H3,(H,26,27)(H,28,29)(H3,24,25,31). The minimum atomic E-state index is -1.18. The van der Waals surface area contributed by atoms with Crippen molar-refractivity contribution < 1.29 is 28.3 Å². The van der Waals surface area contributed by atoms with E-state index in [0.717, 1.165) is 21.9 Å². The number of rotatable bonds is 9. The van der Waals surface area contributed by atoms with Gasteiger partial charge >= 0.3 is 17.6 Å². The monoisotopic (exact) mass is 457 g/mol. The fourth-order valence-corrected chi connectivity index (χ4v) is 3.89. The molecular formula is C23H27N3O7. The Hall–Kier alpha value is -3.82. The average Bonchev–Trinajstić information content (AvgIpc) is 3.11. The van der Waals surface area contributed by atoms with Crippen molar-refractivity contribution in [2.45, 2.75) is 52.5 Å². The van der Waals surface area contributed by atoms with E-state index in [-0.39, 0.29) is 25.8 Å². The predicted octanol–water partition coefficient (Wildman–Crippen LogP) is 2.41. The zero-order valence-electron chi connectivity index (χ0n) is 18.7. The lowest BCUT2D eigenvalue weighted by Crippen LogP contribution is -2.41. The maximum atomic E-state index is 12.7. The minimum absolute atomic E-state index is 0.0770. The van der Waals surface area contributed by atoms with E-state index >= 15 is 0 Å². The quantitative estimate of drug-likeness (QED) is 0.283. The Bertz CT molecular complexity index is 1290. The zero-order valence-corrected chi connectivity index (χ0v) is 18.7. The molecule has 10 nitrogen and oxygen atoms in total. The average molecular weight is 457 g/mol. The third-order valence-corrected chi connectivity index (χ3v) is 5.74. The minimum Gasteiger partial charge on any atom is -0.480 e. The number of carbonyl (C=O) groups is 3. The molecule has 1 aromatic carbocycles. The van der Waals surface area contributed by atoms with Crippen molar-refractivity contribution in [3.63, 3.8) is 0 Å². The molecule has 1 atom stereocenters. The summed E-state index contributed by atoms with van der Waals surface area (Å²) < 4.78 is 11.2. The van der Waals surface area contributed by atoms with Crippen LogP contribution in [-0.4, -0.2) is 35.6 Å². The SMILES string of the molecule is Cc1coc2c(C)c3oc(=O)c(CCC(=O)NC(CCCNC(N)=O)C(=O)O)c(C)c3cc12. The number of nitrogens with one attached hydrogen (secondary N) is 2. The number of aryl methyl sites for hydroxylation is 3. The van der Waals surface area contributed by atoms with Crippen LogP contribution in [0.3, 0.4) is 0 Å². The van der Waals surface area contributed by atoms with Gasteiger partial charge in [-0.05, 0) is 57.2 Å². The number of carboxylic acid groups (broad SMARTS) is 1. The predicted molar refractivity (Wildman–Crippen MR) is 121 cm³/mol. The molecule has 3 aromatic rings. The second-order valence-corrected chi connectivity index (χ2v) is 8.06. The van der Waals surface area contributed by atoms with Crippen molar-refractivity contribution in [3.8, 4) is 0 Å². The molecule has 0 fully saturated rings. The first-order chi connectivity index (χ1) is 15.6. The second kappa shape index (κ2) is 9.76. The fourth-order valence-electron chi connectivity index (χ4n) is 3.89. The molecule has 0 saturated heterocycles. The third-order valence-electron chi connectivity index (χ3n) is 5.74. The van der Waals surface area contributed by atoms with E-state index in [9.17, 15) is 24.3 Å². The molecule has 0 spiro atoms. The number of primary amides is 1. The molecular weight excluding hydrogens is 430 g/mol. The van der Waals surface area contributed by atoms with Crippen molar-refractivity contribution in [3.05, 3.63) is 45.0 Å². The summed E-state index contributed by atoms with van der Waals surface area (Å²) in [4.78, 5) is 47.2. The van der Waals surface area contributed by atoms with Gasteiger partial charge in [-0.2, -0.15) is 0 Å². The van der Waals surface area contributed by atoms with E-state index < -0.39 is 29.6 Å². The van der Waals surface area contributed by atoms with Crippen molar-refractivity contribution in [2.24, 2.45) is 5.73 Å². The number of carbonyl (C=O) groups excluding carboxylic acids is 2. The zero-order chi connectivity index (χ0) is 24.3. The first kappa shape index (κ1) is 23.8. The van der Waals surface area contributed by atoms with Crippen LogP contribution in [0.5, 0.6) is 0 Å². The van der Waals surface area contributed by atoms with Gasteiger partial charge in [0, 0.05) is 34.9 Å². The molecule has 0 aliphatic rings. The summed E-state index contributed by atoms with van der Waals surface area (Å²) in [5.41, 5.74) is 8.33. The molecule has 2 aromatic heterocycles. The van der Waals surface area contributed by atoms with E-state index in [0.29, 0.717) is 28.7 Å². The Balaban J connectivity index is 1.75. The highest BCUT2D eigenvalue weighted by Gasteiger charge is 2.21. The number of amides is 3. The summed E-state index contributed by atoms with van der Waals surface area (Å²) in [7, 11) is 0. The summed E-state index contributed by atoms with van der Waals surface area (Å²) in [5.74, 6) is -1.68. The topological polar surface area (TPSA) is 165 Å². The number of aliphatic carboxylic acids is 1. The third kappa shape index (κ3) is 5.16. The van der Waals surface area contributed by atoms with Crippen LogP contribution in [0.2, 0.25) is 0 Å². The molecule has 5 N–H and O–H groups in total. The van der Waals surface area contributed by atoms with Crippen LogP contribution in [0.25, 0.3) is 21.9 Å². The molecule has 3 rings (SSSR count). The maximum absolute atomic E-state index is 12.7. The number of hydrogen-bond acceptors (Lipinski definition) is 6. The highest BCUT2D eigenvalue weighted by molar-refractivity contribution is 5.99. The molecule has 0 aliphatic heterocycles. The number of furan rings is 1. The van der Waals surface area contributed by atoms with Gasteiger partial charge in [0.2, 0.25) is 5.91 Å². The maximum Gasteiger partial charge on any atom is 0.339 e. The Morgan fingerprint density at radius 2 is 1.85 bits per heavy atom. The van der Waals surface area contributed by atoms with Crippen LogP contribution in [-0.2, 0) is 16.0 Å². The molecule has 0 bridgehead atoms. The van der Waals surface area contributed by atoms with Gasteiger partial charge in [0.1, 0.15) is 17.2 Å². The summed E-state index contributed by atoms with van der Waals surface area (Å²) in [6, 6.07) is 0.106. The van der Waals surface area contributed by atoms with Crippen molar-refractivity contribution >= 4 is 39.8 Å². The number of carboxylic acids is 1. The number of urea groups is 1. The Morgan fingerprint density at radius 1 is 1.12 bits per heavy atom. The smallest absolute Gasteiger partial charge is 0.339 e. The van der Waals surface area contributed by atoms with E-state index in [4.69, 9.17) is 14.6 Å². The van der Waals surface area contributed by atoms with Gasteiger partial charge in [-0.25, -0.2) is 14.4 Å². The molecule has 3 amide bonds. The first-order valence-corrected chi connectivity index (χ1v) is 10.6. The summed E-state index contributed by atoms with van der Waals surface area (Å²) in [6.07, 6.45) is 2.13. The molecule has 1 unspecified atom stereocenters. The molecule has 176 valence electrons. The van der Waals surface area contributed by atoms with Gasteiger partial charge in [0.05, 0.1) is 6.26 Å². The van der Waals surface area contributed by atoms with Gasteiger partial charge in [0.25, 0.3) is 0 Å². The van der Waals surface area contributed by atoms with Crippen LogP contribution >= 0.6 is 0 Å². The second-order valence-electron chi connectivity index (χ2n) is 8.06. The fraction of sp³-hybridized carbons (Fsp3) is 0.391. The van der Waals surface area contributed by atoms with Gasteiger partial charge in [-0.3, -0.25) is 4.79 Å². The molecule has 0 radical (unpaired) electrons. The Kier molecular flexibility index (Phi) is 7.05. The lowest BCUT2D eigenvalue weighted by Gasteiger charge is -2.15. The first-order valence-electron chi connectivity index (χ1n) is 10.6. The normalized spacial score (nSPS) is 12.1. The molecule has 10 heteroatoms. The van der Waals surface area contributed by atoms with E-state index in [1.165, 1.54) is 0 Å². The highest BCUT2D eigenvalue weighted by Crippen LogP contribution is 2.32. The lowest BCUT2D eigenvalue weighted by molar-refractivity contribution is -0.142. The van der Waals surface area contributed by atoms with Crippen molar-refractivity contribution in [1.29, 1.82) is 0 Å². The van der Waals surface area contributed by atoms with Crippen LogP contribution in [0.1, 0.15) is 41.5 Å². The Labute approximate surface area is 189 Å². The van der Waals surface area contributed by atoms with Crippen LogP contribution in [0.4, 0.5) is 4.79 Å². The summed E-state index contributed by atoms with van der Waals surface area (Å²) in [6.45, 7) is 5.77. The van der Waals surface area contributed by atoms with Crippen molar-refractivity contribution in [2.75, 3.05) is 6.54 Å². The van der Waals surface area contributed by atoms with Crippen molar-refractivity contribution in [1.82, 2.24) is 10.6 Å². The van der Waals surface area contributed by atoms with Gasteiger partial charge in [0.15, 0.2) is 0 Å².